The molecule has 6 nitrogen and oxygen atoms in total. The lowest BCUT2D eigenvalue weighted by Crippen LogP contribution is -2.29. The Bertz CT molecular complexity index is 1160. The van der Waals surface area contributed by atoms with Gasteiger partial charge in [-0.05, 0) is 54.6 Å². The van der Waals surface area contributed by atoms with Crippen LogP contribution in [-0.2, 0) is 0 Å². The van der Waals surface area contributed by atoms with Gasteiger partial charge >= 0.3 is 0 Å². The molecule has 146 valence electrons. The first-order valence-electron chi connectivity index (χ1n) is 8.83. The standard InChI is InChI=1S/C22H17ClN2O4/c1-28-14-8-6-13(7-9-14)22(27)25-19(18-5-3-11-29-18)16-12-17(23)15-4-2-10-24-20(15)21(16)26/h2-12,19,26H,1H3,(H,25,27)/t19-/m0/s1. The lowest BCUT2D eigenvalue weighted by atomic mass is 10.00. The molecule has 0 saturated carbocycles. The number of nitrogens with zero attached hydrogens (tertiary/aromatic N) is 1. The van der Waals surface area contributed by atoms with Gasteiger partial charge in [-0.15, -0.1) is 0 Å². The Kier molecular flexibility index (Phi) is 5.10. The second-order valence-corrected chi connectivity index (χ2v) is 6.75. The average Bonchev–Trinajstić information content (AvgIpc) is 3.29. The van der Waals surface area contributed by atoms with E-state index in [1.54, 1.807) is 67.9 Å². The molecule has 0 saturated heterocycles. The van der Waals surface area contributed by atoms with Crippen molar-refractivity contribution in [3.8, 4) is 11.5 Å². The second kappa shape index (κ2) is 7.85. The fraction of sp³-hybridized carbons (Fsp3) is 0.0909. The number of benzene rings is 2. The molecule has 0 spiro atoms. The first kappa shape index (κ1) is 18.8. The van der Waals surface area contributed by atoms with Crippen molar-refractivity contribution in [2.24, 2.45) is 0 Å². The number of amides is 1. The Balaban J connectivity index is 1.76. The first-order valence-corrected chi connectivity index (χ1v) is 9.20. The number of ether oxygens (including phenoxy) is 1. The highest BCUT2D eigenvalue weighted by Gasteiger charge is 2.25. The maximum atomic E-state index is 12.9. The van der Waals surface area contributed by atoms with Gasteiger partial charge in [0, 0.05) is 22.7 Å². The Morgan fingerprint density at radius 2 is 2.00 bits per heavy atom. The predicted octanol–water partition coefficient (Wildman–Crippen LogP) is 4.71. The van der Waals surface area contributed by atoms with E-state index in [9.17, 15) is 9.90 Å². The van der Waals surface area contributed by atoms with E-state index in [1.165, 1.54) is 6.26 Å². The minimum atomic E-state index is -0.761. The number of halogens is 1. The number of carbonyl (C=O) groups is 1. The molecule has 0 unspecified atom stereocenters. The van der Waals surface area contributed by atoms with E-state index in [1.807, 2.05) is 0 Å². The van der Waals surface area contributed by atoms with Gasteiger partial charge in [-0.1, -0.05) is 11.6 Å². The summed E-state index contributed by atoms with van der Waals surface area (Å²) in [7, 11) is 1.56. The lowest BCUT2D eigenvalue weighted by Gasteiger charge is -2.20. The third-order valence-electron chi connectivity index (χ3n) is 4.61. The Morgan fingerprint density at radius 3 is 2.69 bits per heavy atom. The SMILES string of the molecule is COc1ccc(C(=O)N[C@H](c2ccco2)c2cc(Cl)c3cccnc3c2O)cc1. The number of aromatic nitrogens is 1. The van der Waals surface area contributed by atoms with Crippen molar-refractivity contribution in [1.82, 2.24) is 10.3 Å². The largest absolute Gasteiger partial charge is 0.505 e. The summed E-state index contributed by atoms with van der Waals surface area (Å²) < 4.78 is 10.6. The molecular formula is C22H17ClN2O4. The summed E-state index contributed by atoms with van der Waals surface area (Å²) in [6.45, 7) is 0. The number of hydrogen-bond donors (Lipinski definition) is 2. The Labute approximate surface area is 171 Å². The maximum absolute atomic E-state index is 12.9. The summed E-state index contributed by atoms with van der Waals surface area (Å²) in [4.78, 5) is 17.1. The number of aromatic hydroxyl groups is 1. The van der Waals surface area contributed by atoms with E-state index in [0.717, 1.165) is 0 Å². The molecule has 2 heterocycles. The fourth-order valence-electron chi connectivity index (χ4n) is 3.14. The van der Waals surface area contributed by atoms with Crippen LogP contribution in [0.15, 0.2) is 71.5 Å². The molecule has 4 aromatic rings. The summed E-state index contributed by atoms with van der Waals surface area (Å²) in [6.07, 6.45) is 3.07. The predicted molar refractivity (Wildman–Crippen MR) is 109 cm³/mol. The molecule has 1 atom stereocenters. The highest BCUT2D eigenvalue weighted by molar-refractivity contribution is 6.35. The van der Waals surface area contributed by atoms with Crippen molar-refractivity contribution in [3.63, 3.8) is 0 Å². The van der Waals surface area contributed by atoms with Gasteiger partial charge in [-0.3, -0.25) is 9.78 Å². The Hall–Kier alpha value is -3.51. The molecule has 0 aliphatic heterocycles. The van der Waals surface area contributed by atoms with Crippen molar-refractivity contribution < 1.29 is 19.1 Å². The number of rotatable bonds is 5. The van der Waals surface area contributed by atoms with Gasteiger partial charge in [-0.25, -0.2) is 0 Å². The molecule has 2 aromatic heterocycles. The summed E-state index contributed by atoms with van der Waals surface area (Å²) in [6, 6.07) is 14.5. The van der Waals surface area contributed by atoms with Crippen LogP contribution in [0.3, 0.4) is 0 Å². The number of nitrogens with one attached hydrogen (secondary N) is 1. The first-order chi connectivity index (χ1) is 14.1. The van der Waals surface area contributed by atoms with E-state index in [4.69, 9.17) is 20.8 Å². The summed E-state index contributed by atoms with van der Waals surface area (Å²) in [5, 5.41) is 14.8. The van der Waals surface area contributed by atoms with Crippen LogP contribution in [0.5, 0.6) is 11.5 Å². The fourth-order valence-corrected chi connectivity index (χ4v) is 3.41. The topological polar surface area (TPSA) is 84.6 Å². The number of hydrogen-bond acceptors (Lipinski definition) is 5. The van der Waals surface area contributed by atoms with Gasteiger partial charge in [0.2, 0.25) is 0 Å². The van der Waals surface area contributed by atoms with Crippen molar-refractivity contribution in [2.75, 3.05) is 7.11 Å². The van der Waals surface area contributed by atoms with Gasteiger partial charge in [0.15, 0.2) is 0 Å². The van der Waals surface area contributed by atoms with E-state index in [2.05, 4.69) is 10.3 Å². The zero-order chi connectivity index (χ0) is 20.4. The minimum absolute atomic E-state index is 0.0681. The molecular weight excluding hydrogens is 392 g/mol. The molecule has 4 rings (SSSR count). The molecule has 2 aromatic carbocycles. The van der Waals surface area contributed by atoms with Crippen molar-refractivity contribution in [2.45, 2.75) is 6.04 Å². The van der Waals surface area contributed by atoms with Crippen LogP contribution >= 0.6 is 11.6 Å². The molecule has 7 heteroatoms. The highest BCUT2D eigenvalue weighted by atomic mass is 35.5. The quantitative estimate of drug-likeness (QED) is 0.499. The number of pyridine rings is 1. The van der Waals surface area contributed by atoms with Crippen LogP contribution < -0.4 is 10.1 Å². The number of methoxy groups -OCH3 is 1. The van der Waals surface area contributed by atoms with Gasteiger partial charge in [-0.2, -0.15) is 0 Å². The van der Waals surface area contributed by atoms with Crippen LogP contribution in [0.1, 0.15) is 27.7 Å². The van der Waals surface area contributed by atoms with Crippen LogP contribution in [0, 0.1) is 0 Å². The van der Waals surface area contributed by atoms with Crippen molar-refractivity contribution in [1.29, 1.82) is 0 Å². The van der Waals surface area contributed by atoms with E-state index in [-0.39, 0.29) is 11.7 Å². The smallest absolute Gasteiger partial charge is 0.252 e. The molecule has 2 N–H and O–H groups in total. The maximum Gasteiger partial charge on any atom is 0.252 e. The van der Waals surface area contributed by atoms with E-state index >= 15 is 0 Å². The van der Waals surface area contributed by atoms with Crippen LogP contribution in [0.4, 0.5) is 0 Å². The zero-order valence-corrected chi connectivity index (χ0v) is 16.2. The molecule has 0 radical (unpaired) electrons. The highest BCUT2D eigenvalue weighted by Crippen LogP contribution is 2.38. The number of fused-ring (bicyclic) bond motifs is 1. The third kappa shape index (κ3) is 3.62. The number of phenols is 1. The molecule has 0 fully saturated rings. The molecule has 1 amide bonds. The number of carbonyl (C=O) groups excluding carboxylic acids is 1. The van der Waals surface area contributed by atoms with Gasteiger partial charge < -0.3 is 19.6 Å². The van der Waals surface area contributed by atoms with E-state index in [0.29, 0.717) is 38.6 Å². The lowest BCUT2D eigenvalue weighted by molar-refractivity contribution is 0.0938. The van der Waals surface area contributed by atoms with E-state index < -0.39 is 6.04 Å². The van der Waals surface area contributed by atoms with Gasteiger partial charge in [0.25, 0.3) is 5.91 Å². The summed E-state index contributed by atoms with van der Waals surface area (Å²) >= 11 is 6.42. The number of furan rings is 1. The molecule has 0 aliphatic rings. The minimum Gasteiger partial charge on any atom is -0.505 e. The average molecular weight is 409 g/mol. The van der Waals surface area contributed by atoms with Gasteiger partial charge in [0.05, 0.1) is 18.4 Å². The molecule has 29 heavy (non-hydrogen) atoms. The van der Waals surface area contributed by atoms with Gasteiger partial charge in [0.1, 0.15) is 28.8 Å². The third-order valence-corrected chi connectivity index (χ3v) is 4.92. The summed E-state index contributed by atoms with van der Waals surface area (Å²) in [5.74, 6) is 0.690. The van der Waals surface area contributed by atoms with Crippen molar-refractivity contribution >= 4 is 28.4 Å². The second-order valence-electron chi connectivity index (χ2n) is 6.35. The monoisotopic (exact) mass is 408 g/mol. The summed E-state index contributed by atoms with van der Waals surface area (Å²) in [5.41, 5.74) is 1.18. The molecule has 0 bridgehead atoms. The van der Waals surface area contributed by atoms with Crippen LogP contribution in [-0.4, -0.2) is 23.1 Å². The van der Waals surface area contributed by atoms with Crippen LogP contribution in [0.25, 0.3) is 10.9 Å². The number of phenolic OH excluding ortho intramolecular Hbond substituents is 1. The Morgan fingerprint density at radius 1 is 1.21 bits per heavy atom. The normalized spacial score (nSPS) is 11.9. The molecule has 0 aliphatic carbocycles. The zero-order valence-electron chi connectivity index (χ0n) is 15.4. The van der Waals surface area contributed by atoms with Crippen LogP contribution in [0.2, 0.25) is 5.02 Å². The van der Waals surface area contributed by atoms with Crippen molar-refractivity contribution in [3.05, 3.63) is 89.0 Å².